The zero-order chi connectivity index (χ0) is 11.3. The number of para-hydroxylation sites is 1. The first-order valence-corrected chi connectivity index (χ1v) is 5.30. The molecule has 0 radical (unpaired) electrons. The number of phenolic OH excluding ortho intramolecular Hbond substituents is 1. The van der Waals surface area contributed by atoms with Gasteiger partial charge in [-0.3, -0.25) is 4.79 Å². The summed E-state index contributed by atoms with van der Waals surface area (Å²) in [5.41, 5.74) is 0.291. The number of hydrogen-bond acceptors (Lipinski definition) is 2. The average molecular weight is 228 g/mol. The number of hydrogen-bond donors (Lipinski definition) is 2. The lowest BCUT2D eigenvalue weighted by molar-refractivity contribution is 0.0946. The van der Waals surface area contributed by atoms with Gasteiger partial charge in [0.2, 0.25) is 0 Å². The van der Waals surface area contributed by atoms with Crippen molar-refractivity contribution >= 4 is 17.5 Å². The molecule has 1 amide bonds. The van der Waals surface area contributed by atoms with Crippen molar-refractivity contribution in [1.29, 1.82) is 0 Å². The molecule has 0 saturated heterocycles. The Kier molecular flexibility index (Phi) is 4.43. The van der Waals surface area contributed by atoms with Gasteiger partial charge in [0, 0.05) is 12.4 Å². The Hall–Kier alpha value is -1.22. The van der Waals surface area contributed by atoms with Crippen LogP contribution in [0.25, 0.3) is 0 Å². The van der Waals surface area contributed by atoms with E-state index in [0.717, 1.165) is 0 Å². The van der Waals surface area contributed by atoms with Gasteiger partial charge in [-0.25, -0.2) is 0 Å². The molecule has 1 unspecified atom stereocenters. The highest BCUT2D eigenvalue weighted by molar-refractivity contribution is 6.18. The van der Waals surface area contributed by atoms with Crippen LogP contribution in [-0.4, -0.2) is 23.4 Å². The molecule has 0 spiro atoms. The minimum atomic E-state index is -0.273. The number of carbonyl (C=O) groups is 1. The molecule has 3 nitrogen and oxygen atoms in total. The van der Waals surface area contributed by atoms with E-state index in [1.807, 2.05) is 6.92 Å². The fraction of sp³-hybridized carbons (Fsp3) is 0.364. The maximum absolute atomic E-state index is 11.6. The molecule has 0 heterocycles. The zero-order valence-electron chi connectivity index (χ0n) is 8.53. The molecule has 0 bridgehead atoms. The van der Waals surface area contributed by atoms with Gasteiger partial charge >= 0.3 is 0 Å². The van der Waals surface area contributed by atoms with Gasteiger partial charge in [-0.1, -0.05) is 19.1 Å². The largest absolute Gasteiger partial charge is 0.507 e. The van der Waals surface area contributed by atoms with Crippen LogP contribution < -0.4 is 5.32 Å². The Bertz CT molecular complexity index is 341. The van der Waals surface area contributed by atoms with E-state index in [2.05, 4.69) is 5.32 Å². The highest BCUT2D eigenvalue weighted by atomic mass is 35.5. The van der Waals surface area contributed by atoms with Crippen LogP contribution in [0.15, 0.2) is 24.3 Å². The van der Waals surface area contributed by atoms with E-state index >= 15 is 0 Å². The van der Waals surface area contributed by atoms with Crippen LogP contribution in [0.5, 0.6) is 5.75 Å². The molecule has 0 saturated carbocycles. The van der Waals surface area contributed by atoms with Crippen molar-refractivity contribution in [3.63, 3.8) is 0 Å². The molecule has 0 aliphatic heterocycles. The number of aromatic hydroxyl groups is 1. The van der Waals surface area contributed by atoms with Crippen molar-refractivity contribution in [3.8, 4) is 5.75 Å². The van der Waals surface area contributed by atoms with E-state index in [0.29, 0.717) is 18.0 Å². The van der Waals surface area contributed by atoms with Gasteiger partial charge < -0.3 is 10.4 Å². The summed E-state index contributed by atoms with van der Waals surface area (Å²) in [6.45, 7) is 2.45. The second-order valence-corrected chi connectivity index (χ2v) is 3.80. The van der Waals surface area contributed by atoms with Crippen molar-refractivity contribution in [2.45, 2.75) is 6.92 Å². The number of phenols is 1. The first kappa shape index (κ1) is 11.9. The summed E-state index contributed by atoms with van der Waals surface area (Å²) in [6.07, 6.45) is 0. The smallest absolute Gasteiger partial charge is 0.255 e. The second kappa shape index (κ2) is 5.61. The molecule has 2 N–H and O–H groups in total. The van der Waals surface area contributed by atoms with E-state index in [-0.39, 0.29) is 17.6 Å². The SMILES string of the molecule is CC(CCl)CNC(=O)c1ccccc1O. The molecule has 1 atom stereocenters. The average Bonchev–Trinajstić information content (AvgIpc) is 2.26. The van der Waals surface area contributed by atoms with Crippen molar-refractivity contribution in [3.05, 3.63) is 29.8 Å². The Morgan fingerprint density at radius 1 is 1.53 bits per heavy atom. The van der Waals surface area contributed by atoms with Crippen LogP contribution in [-0.2, 0) is 0 Å². The van der Waals surface area contributed by atoms with Crippen LogP contribution in [0.3, 0.4) is 0 Å². The normalized spacial score (nSPS) is 12.1. The molecule has 82 valence electrons. The predicted octanol–water partition coefficient (Wildman–Crippen LogP) is 2.00. The monoisotopic (exact) mass is 227 g/mol. The van der Waals surface area contributed by atoms with Gasteiger partial charge in [0.25, 0.3) is 5.91 Å². The number of carbonyl (C=O) groups excluding carboxylic acids is 1. The Morgan fingerprint density at radius 2 is 2.20 bits per heavy atom. The molecule has 1 rings (SSSR count). The van der Waals surface area contributed by atoms with Crippen LogP contribution in [0.4, 0.5) is 0 Å². The van der Waals surface area contributed by atoms with Crippen molar-refractivity contribution in [1.82, 2.24) is 5.32 Å². The molecular weight excluding hydrogens is 214 g/mol. The van der Waals surface area contributed by atoms with Gasteiger partial charge in [0.15, 0.2) is 0 Å². The predicted molar refractivity (Wildman–Crippen MR) is 60.3 cm³/mol. The number of rotatable bonds is 4. The van der Waals surface area contributed by atoms with Gasteiger partial charge in [0.1, 0.15) is 5.75 Å². The fourth-order valence-corrected chi connectivity index (χ4v) is 1.19. The maximum atomic E-state index is 11.6. The van der Waals surface area contributed by atoms with Crippen molar-refractivity contribution in [2.75, 3.05) is 12.4 Å². The third-order valence-electron chi connectivity index (χ3n) is 2.02. The summed E-state index contributed by atoms with van der Waals surface area (Å²) < 4.78 is 0. The third kappa shape index (κ3) is 3.44. The highest BCUT2D eigenvalue weighted by Gasteiger charge is 2.10. The lowest BCUT2D eigenvalue weighted by Crippen LogP contribution is -2.28. The molecule has 15 heavy (non-hydrogen) atoms. The van der Waals surface area contributed by atoms with Crippen LogP contribution >= 0.6 is 11.6 Å². The first-order chi connectivity index (χ1) is 7.15. The van der Waals surface area contributed by atoms with E-state index in [4.69, 9.17) is 11.6 Å². The van der Waals surface area contributed by atoms with E-state index in [1.165, 1.54) is 6.07 Å². The van der Waals surface area contributed by atoms with Crippen LogP contribution in [0.1, 0.15) is 17.3 Å². The molecule has 0 aromatic heterocycles. The van der Waals surface area contributed by atoms with E-state index in [1.54, 1.807) is 18.2 Å². The van der Waals surface area contributed by atoms with Crippen molar-refractivity contribution < 1.29 is 9.90 Å². The van der Waals surface area contributed by atoms with Gasteiger partial charge in [-0.2, -0.15) is 0 Å². The summed E-state index contributed by atoms with van der Waals surface area (Å²) in [5, 5.41) is 12.1. The molecule has 1 aromatic carbocycles. The number of amides is 1. The number of nitrogens with one attached hydrogen (secondary N) is 1. The molecular formula is C11H14ClNO2. The molecule has 1 aromatic rings. The molecule has 0 fully saturated rings. The maximum Gasteiger partial charge on any atom is 0.255 e. The highest BCUT2D eigenvalue weighted by Crippen LogP contribution is 2.15. The van der Waals surface area contributed by atoms with Gasteiger partial charge in [-0.15, -0.1) is 11.6 Å². The molecule has 0 aliphatic carbocycles. The number of alkyl halides is 1. The number of benzene rings is 1. The summed E-state index contributed by atoms with van der Waals surface area (Å²) in [7, 11) is 0. The number of halogens is 1. The summed E-state index contributed by atoms with van der Waals surface area (Å²) >= 11 is 5.61. The Balaban J connectivity index is 2.58. The fourth-order valence-electron chi connectivity index (χ4n) is 1.08. The van der Waals surface area contributed by atoms with E-state index in [9.17, 15) is 9.90 Å². The lowest BCUT2D eigenvalue weighted by atomic mass is 10.1. The second-order valence-electron chi connectivity index (χ2n) is 3.49. The van der Waals surface area contributed by atoms with Gasteiger partial charge in [-0.05, 0) is 18.1 Å². The summed E-state index contributed by atoms with van der Waals surface area (Å²) in [6, 6.07) is 6.45. The standard InChI is InChI=1S/C11H14ClNO2/c1-8(6-12)7-13-11(15)9-4-2-3-5-10(9)14/h2-5,8,14H,6-7H2,1H3,(H,13,15). The Morgan fingerprint density at radius 3 is 2.80 bits per heavy atom. The zero-order valence-corrected chi connectivity index (χ0v) is 9.29. The van der Waals surface area contributed by atoms with Crippen LogP contribution in [0, 0.1) is 5.92 Å². The minimum Gasteiger partial charge on any atom is -0.507 e. The molecule has 0 aliphatic rings. The Labute approximate surface area is 94.1 Å². The lowest BCUT2D eigenvalue weighted by Gasteiger charge is -2.09. The molecule has 4 heteroatoms. The van der Waals surface area contributed by atoms with Crippen molar-refractivity contribution in [2.24, 2.45) is 5.92 Å². The first-order valence-electron chi connectivity index (χ1n) is 4.77. The van der Waals surface area contributed by atoms with Crippen LogP contribution in [0.2, 0.25) is 0 Å². The summed E-state index contributed by atoms with van der Waals surface area (Å²) in [5.74, 6) is 0.446. The summed E-state index contributed by atoms with van der Waals surface area (Å²) in [4.78, 5) is 11.6. The topological polar surface area (TPSA) is 49.3 Å². The minimum absolute atomic E-state index is 0.00599. The quantitative estimate of drug-likeness (QED) is 0.773. The van der Waals surface area contributed by atoms with Gasteiger partial charge in [0.05, 0.1) is 5.56 Å². The third-order valence-corrected chi connectivity index (χ3v) is 2.55. The van der Waals surface area contributed by atoms with E-state index < -0.39 is 0 Å².